The van der Waals surface area contributed by atoms with Crippen molar-refractivity contribution >= 4 is 27.0 Å². The SMILES string of the molecule is N#Cc1ccc(S(=O)(=O)N2CCC(C(=O)NCCCn3cnc4ccccc43)CC2)cc1. The predicted octanol–water partition coefficient (Wildman–Crippen LogP) is 2.52. The minimum atomic E-state index is -3.62. The van der Waals surface area contributed by atoms with Crippen molar-refractivity contribution in [3.05, 3.63) is 60.4 Å². The average molecular weight is 452 g/mol. The number of hydrogen-bond donors (Lipinski definition) is 1. The summed E-state index contributed by atoms with van der Waals surface area (Å²) in [4.78, 5) is 17.1. The molecule has 0 unspecified atom stereocenters. The second-order valence-electron chi connectivity index (χ2n) is 7.89. The Hall–Kier alpha value is -3.22. The van der Waals surface area contributed by atoms with E-state index in [4.69, 9.17) is 5.26 Å². The third-order valence-electron chi connectivity index (χ3n) is 5.85. The van der Waals surface area contributed by atoms with E-state index < -0.39 is 10.0 Å². The standard InChI is InChI=1S/C23H25N5O3S/c24-16-18-6-8-20(9-7-18)32(30,31)28-14-10-19(11-15-28)23(29)25-12-3-13-27-17-26-21-4-1-2-5-22(21)27/h1-2,4-9,17,19H,3,10-15H2,(H,25,29). The number of nitrogens with one attached hydrogen (secondary N) is 1. The van der Waals surface area contributed by atoms with Crippen molar-refractivity contribution in [3.63, 3.8) is 0 Å². The molecule has 0 bridgehead atoms. The molecule has 166 valence electrons. The van der Waals surface area contributed by atoms with Crippen LogP contribution in [0.25, 0.3) is 11.0 Å². The van der Waals surface area contributed by atoms with E-state index in [1.807, 2.05) is 36.7 Å². The summed E-state index contributed by atoms with van der Waals surface area (Å²) in [5, 5.41) is 11.9. The quantitative estimate of drug-likeness (QED) is 0.555. The van der Waals surface area contributed by atoms with Crippen molar-refractivity contribution in [1.29, 1.82) is 5.26 Å². The molecule has 1 aliphatic rings. The molecule has 3 aromatic rings. The molecular formula is C23H25N5O3S. The Morgan fingerprint density at radius 2 is 1.84 bits per heavy atom. The number of sulfonamides is 1. The molecule has 1 N–H and O–H groups in total. The summed E-state index contributed by atoms with van der Waals surface area (Å²) in [5.41, 5.74) is 2.45. The summed E-state index contributed by atoms with van der Waals surface area (Å²) < 4.78 is 29.1. The molecule has 1 aliphatic heterocycles. The van der Waals surface area contributed by atoms with Gasteiger partial charge in [-0.2, -0.15) is 9.57 Å². The van der Waals surface area contributed by atoms with E-state index in [1.54, 1.807) is 0 Å². The Bertz CT molecular complexity index is 1240. The van der Waals surface area contributed by atoms with Crippen molar-refractivity contribution in [3.8, 4) is 6.07 Å². The van der Waals surface area contributed by atoms with Crippen LogP contribution in [-0.4, -0.2) is 47.8 Å². The van der Waals surface area contributed by atoms with Crippen molar-refractivity contribution < 1.29 is 13.2 Å². The van der Waals surface area contributed by atoms with E-state index in [1.165, 1.54) is 28.6 Å². The van der Waals surface area contributed by atoms with Gasteiger partial charge in [-0.15, -0.1) is 0 Å². The lowest BCUT2D eigenvalue weighted by Crippen LogP contribution is -2.43. The Balaban J connectivity index is 1.24. The lowest BCUT2D eigenvalue weighted by molar-refractivity contribution is -0.126. The minimum absolute atomic E-state index is 0.0177. The molecule has 0 radical (unpaired) electrons. The second kappa shape index (κ2) is 9.51. The van der Waals surface area contributed by atoms with Crippen LogP contribution in [0.1, 0.15) is 24.8 Å². The van der Waals surface area contributed by atoms with Gasteiger partial charge in [-0.1, -0.05) is 12.1 Å². The van der Waals surface area contributed by atoms with Crippen LogP contribution >= 0.6 is 0 Å². The molecule has 32 heavy (non-hydrogen) atoms. The molecule has 0 spiro atoms. The molecule has 0 aliphatic carbocycles. The van der Waals surface area contributed by atoms with Gasteiger partial charge >= 0.3 is 0 Å². The van der Waals surface area contributed by atoms with Crippen LogP contribution in [0, 0.1) is 17.2 Å². The van der Waals surface area contributed by atoms with Crippen LogP contribution in [0.3, 0.4) is 0 Å². The fourth-order valence-electron chi connectivity index (χ4n) is 4.00. The number of carbonyl (C=O) groups is 1. The van der Waals surface area contributed by atoms with Crippen molar-refractivity contribution in [1.82, 2.24) is 19.2 Å². The Morgan fingerprint density at radius 1 is 1.12 bits per heavy atom. The lowest BCUT2D eigenvalue weighted by atomic mass is 9.97. The molecule has 9 heteroatoms. The lowest BCUT2D eigenvalue weighted by Gasteiger charge is -2.30. The van der Waals surface area contributed by atoms with Gasteiger partial charge < -0.3 is 9.88 Å². The molecule has 1 amide bonds. The number of imidazole rings is 1. The number of piperidine rings is 1. The van der Waals surface area contributed by atoms with E-state index in [-0.39, 0.29) is 16.7 Å². The number of para-hydroxylation sites is 2. The molecule has 0 saturated carbocycles. The van der Waals surface area contributed by atoms with Gasteiger partial charge in [0.05, 0.1) is 33.9 Å². The maximum absolute atomic E-state index is 12.8. The van der Waals surface area contributed by atoms with E-state index >= 15 is 0 Å². The zero-order chi connectivity index (χ0) is 22.6. The normalized spacial score (nSPS) is 15.5. The zero-order valence-corrected chi connectivity index (χ0v) is 18.5. The Labute approximate surface area is 187 Å². The molecule has 2 aromatic carbocycles. The number of benzene rings is 2. The minimum Gasteiger partial charge on any atom is -0.356 e. The van der Waals surface area contributed by atoms with Gasteiger partial charge in [0.25, 0.3) is 0 Å². The second-order valence-corrected chi connectivity index (χ2v) is 9.82. The first-order valence-corrected chi connectivity index (χ1v) is 12.1. The molecule has 1 aromatic heterocycles. The van der Waals surface area contributed by atoms with Gasteiger partial charge in [0.1, 0.15) is 0 Å². The number of carbonyl (C=O) groups excluding carboxylic acids is 1. The highest BCUT2D eigenvalue weighted by molar-refractivity contribution is 7.89. The van der Waals surface area contributed by atoms with Crippen LogP contribution < -0.4 is 5.32 Å². The number of amides is 1. The highest BCUT2D eigenvalue weighted by atomic mass is 32.2. The summed E-state index contributed by atoms with van der Waals surface area (Å²) in [5.74, 6) is -0.201. The predicted molar refractivity (Wildman–Crippen MR) is 120 cm³/mol. The molecule has 8 nitrogen and oxygen atoms in total. The van der Waals surface area contributed by atoms with Gasteiger partial charge in [0.15, 0.2) is 0 Å². The maximum atomic E-state index is 12.8. The summed E-state index contributed by atoms with van der Waals surface area (Å²) in [6, 6.07) is 15.8. The number of hydrogen-bond acceptors (Lipinski definition) is 5. The largest absolute Gasteiger partial charge is 0.356 e. The van der Waals surface area contributed by atoms with Crippen molar-refractivity contribution in [2.24, 2.45) is 5.92 Å². The smallest absolute Gasteiger partial charge is 0.243 e. The van der Waals surface area contributed by atoms with Crippen LogP contribution in [-0.2, 0) is 21.4 Å². The summed E-state index contributed by atoms with van der Waals surface area (Å²) in [7, 11) is -3.62. The van der Waals surface area contributed by atoms with Crippen molar-refractivity contribution in [2.75, 3.05) is 19.6 Å². The fourth-order valence-corrected chi connectivity index (χ4v) is 5.47. The Kier molecular flexibility index (Phi) is 6.53. The number of nitrogens with zero attached hydrogens (tertiary/aromatic N) is 4. The first kappa shape index (κ1) is 22.0. The Morgan fingerprint density at radius 3 is 2.56 bits per heavy atom. The molecule has 2 heterocycles. The topological polar surface area (TPSA) is 108 Å². The highest BCUT2D eigenvalue weighted by Crippen LogP contribution is 2.24. The van der Waals surface area contributed by atoms with E-state index in [0.717, 1.165) is 24.0 Å². The van der Waals surface area contributed by atoms with E-state index in [9.17, 15) is 13.2 Å². The van der Waals surface area contributed by atoms with Crippen LogP contribution in [0.4, 0.5) is 0 Å². The highest BCUT2D eigenvalue weighted by Gasteiger charge is 2.31. The summed E-state index contributed by atoms with van der Waals surface area (Å²) in [6.07, 6.45) is 3.59. The molecule has 1 fully saturated rings. The van der Waals surface area contributed by atoms with Crippen molar-refractivity contribution in [2.45, 2.75) is 30.7 Å². The first-order valence-electron chi connectivity index (χ1n) is 10.7. The van der Waals surface area contributed by atoms with Gasteiger partial charge in [0.2, 0.25) is 15.9 Å². The van der Waals surface area contributed by atoms with Crippen LogP contribution in [0.5, 0.6) is 0 Å². The number of rotatable bonds is 7. The van der Waals surface area contributed by atoms with Gasteiger partial charge in [-0.05, 0) is 55.7 Å². The van der Waals surface area contributed by atoms with Gasteiger partial charge in [-0.3, -0.25) is 4.79 Å². The monoisotopic (exact) mass is 451 g/mol. The average Bonchev–Trinajstić information content (AvgIpc) is 3.25. The maximum Gasteiger partial charge on any atom is 0.243 e. The number of nitriles is 1. The first-order chi connectivity index (χ1) is 15.5. The van der Waals surface area contributed by atoms with Crippen LogP contribution in [0.2, 0.25) is 0 Å². The fraction of sp³-hybridized carbons (Fsp3) is 0.348. The van der Waals surface area contributed by atoms with Gasteiger partial charge in [0, 0.05) is 32.1 Å². The van der Waals surface area contributed by atoms with E-state index in [0.29, 0.717) is 38.0 Å². The third-order valence-corrected chi connectivity index (χ3v) is 7.76. The summed E-state index contributed by atoms with van der Waals surface area (Å²) in [6.45, 7) is 1.94. The number of aromatic nitrogens is 2. The molecule has 1 saturated heterocycles. The molecule has 0 atom stereocenters. The number of aryl methyl sites for hydroxylation is 1. The zero-order valence-electron chi connectivity index (χ0n) is 17.6. The number of fused-ring (bicyclic) bond motifs is 1. The van der Waals surface area contributed by atoms with Crippen LogP contribution in [0.15, 0.2) is 59.8 Å². The molecular weight excluding hydrogens is 426 g/mol. The molecule has 4 rings (SSSR count). The van der Waals surface area contributed by atoms with E-state index in [2.05, 4.69) is 14.9 Å². The van der Waals surface area contributed by atoms with Gasteiger partial charge in [-0.25, -0.2) is 13.4 Å². The third kappa shape index (κ3) is 4.66. The summed E-state index contributed by atoms with van der Waals surface area (Å²) >= 11 is 0.